The second-order valence-corrected chi connectivity index (χ2v) is 3.75. The molecule has 0 bridgehead atoms. The van der Waals surface area contributed by atoms with Crippen molar-refractivity contribution in [1.29, 1.82) is 0 Å². The van der Waals surface area contributed by atoms with E-state index in [-0.39, 0.29) is 23.9 Å². The molecule has 1 heterocycles. The smallest absolute Gasteiger partial charge is 0.245 e. The van der Waals surface area contributed by atoms with Crippen molar-refractivity contribution in [3.05, 3.63) is 0 Å². The Kier molecular flexibility index (Phi) is 3.13. The van der Waals surface area contributed by atoms with Gasteiger partial charge < -0.3 is 9.80 Å². The van der Waals surface area contributed by atoms with Gasteiger partial charge in [-0.3, -0.25) is 9.59 Å². The topological polar surface area (TPSA) is 40.6 Å². The van der Waals surface area contributed by atoms with Gasteiger partial charge in [-0.1, -0.05) is 13.8 Å². The van der Waals surface area contributed by atoms with E-state index in [1.165, 1.54) is 0 Å². The summed E-state index contributed by atoms with van der Waals surface area (Å²) in [6.07, 6.45) is 1.36. The standard InChI is InChI=1S/C10H18N2O2/c1-5-7-9(13)12(4)8(6-2)10(14)11(7)3/h7-8H,5-6H2,1-4H3. The highest BCUT2D eigenvalue weighted by Crippen LogP contribution is 2.18. The average Bonchev–Trinajstić information content (AvgIpc) is 2.17. The van der Waals surface area contributed by atoms with Gasteiger partial charge >= 0.3 is 0 Å². The van der Waals surface area contributed by atoms with Crippen LogP contribution in [0.5, 0.6) is 0 Å². The van der Waals surface area contributed by atoms with Crippen LogP contribution >= 0.6 is 0 Å². The molecule has 4 heteroatoms. The maximum Gasteiger partial charge on any atom is 0.245 e. The van der Waals surface area contributed by atoms with Crippen LogP contribution in [0.3, 0.4) is 0 Å². The number of piperazine rings is 1. The zero-order chi connectivity index (χ0) is 10.9. The molecular weight excluding hydrogens is 180 g/mol. The zero-order valence-corrected chi connectivity index (χ0v) is 9.28. The van der Waals surface area contributed by atoms with E-state index < -0.39 is 0 Å². The van der Waals surface area contributed by atoms with Gasteiger partial charge in [0.2, 0.25) is 11.8 Å². The van der Waals surface area contributed by atoms with Gasteiger partial charge in [-0.2, -0.15) is 0 Å². The number of rotatable bonds is 2. The normalized spacial score (nSPS) is 28.6. The first-order valence-electron chi connectivity index (χ1n) is 5.07. The van der Waals surface area contributed by atoms with Crippen LogP contribution in [-0.2, 0) is 9.59 Å². The lowest BCUT2D eigenvalue weighted by Gasteiger charge is -2.41. The van der Waals surface area contributed by atoms with Crippen LogP contribution in [0.1, 0.15) is 26.7 Å². The third-order valence-corrected chi connectivity index (χ3v) is 2.97. The number of likely N-dealkylation sites (N-methyl/N-ethyl adjacent to an activating group) is 2. The third kappa shape index (κ3) is 1.49. The van der Waals surface area contributed by atoms with Crippen LogP contribution in [0.2, 0.25) is 0 Å². The second kappa shape index (κ2) is 3.98. The molecule has 1 fully saturated rings. The Morgan fingerprint density at radius 2 is 1.21 bits per heavy atom. The Morgan fingerprint density at radius 3 is 1.43 bits per heavy atom. The van der Waals surface area contributed by atoms with E-state index in [1.54, 1.807) is 23.9 Å². The summed E-state index contributed by atoms with van der Waals surface area (Å²) in [5.74, 6) is 0.114. The molecule has 2 atom stereocenters. The molecule has 1 aliphatic heterocycles. The Hall–Kier alpha value is -1.06. The molecule has 0 spiro atoms. The molecule has 1 aliphatic rings. The second-order valence-electron chi connectivity index (χ2n) is 3.75. The van der Waals surface area contributed by atoms with E-state index >= 15 is 0 Å². The molecule has 14 heavy (non-hydrogen) atoms. The molecular formula is C10H18N2O2. The van der Waals surface area contributed by atoms with Gasteiger partial charge in [0.25, 0.3) is 0 Å². The Morgan fingerprint density at radius 1 is 0.929 bits per heavy atom. The van der Waals surface area contributed by atoms with Crippen LogP contribution < -0.4 is 0 Å². The van der Waals surface area contributed by atoms with Gasteiger partial charge in [-0.25, -0.2) is 0 Å². The van der Waals surface area contributed by atoms with E-state index in [2.05, 4.69) is 0 Å². The van der Waals surface area contributed by atoms with E-state index in [4.69, 9.17) is 0 Å². The van der Waals surface area contributed by atoms with Crippen molar-refractivity contribution in [2.24, 2.45) is 0 Å². The summed E-state index contributed by atoms with van der Waals surface area (Å²) < 4.78 is 0. The lowest BCUT2D eigenvalue weighted by Crippen LogP contribution is -2.61. The first-order chi connectivity index (χ1) is 6.54. The quantitative estimate of drug-likeness (QED) is 0.647. The first-order valence-corrected chi connectivity index (χ1v) is 5.07. The molecule has 0 radical (unpaired) electrons. The van der Waals surface area contributed by atoms with Crippen molar-refractivity contribution >= 4 is 11.8 Å². The van der Waals surface area contributed by atoms with Crippen LogP contribution in [0.4, 0.5) is 0 Å². The molecule has 80 valence electrons. The predicted molar refractivity (Wildman–Crippen MR) is 53.7 cm³/mol. The van der Waals surface area contributed by atoms with Crippen molar-refractivity contribution in [1.82, 2.24) is 9.80 Å². The molecule has 1 saturated heterocycles. The minimum Gasteiger partial charge on any atom is -0.332 e. The summed E-state index contributed by atoms with van der Waals surface area (Å²) in [7, 11) is 3.42. The molecule has 0 aliphatic carbocycles. The molecule has 0 saturated carbocycles. The van der Waals surface area contributed by atoms with Gasteiger partial charge in [0.15, 0.2) is 0 Å². The van der Waals surface area contributed by atoms with Crippen molar-refractivity contribution < 1.29 is 9.59 Å². The number of nitrogens with zero attached hydrogens (tertiary/aromatic N) is 2. The fourth-order valence-corrected chi connectivity index (χ4v) is 2.01. The van der Waals surface area contributed by atoms with Crippen LogP contribution in [0.15, 0.2) is 0 Å². The average molecular weight is 198 g/mol. The SMILES string of the molecule is CCC1C(=O)N(C)C(CC)C(=O)N1C. The van der Waals surface area contributed by atoms with E-state index in [0.717, 1.165) is 0 Å². The number of amides is 2. The molecule has 1 rings (SSSR count). The van der Waals surface area contributed by atoms with Gasteiger partial charge in [-0.05, 0) is 12.8 Å². The summed E-state index contributed by atoms with van der Waals surface area (Å²) in [6, 6.07) is -0.536. The van der Waals surface area contributed by atoms with Gasteiger partial charge in [0.1, 0.15) is 12.1 Å². The largest absolute Gasteiger partial charge is 0.332 e. The Labute approximate surface area is 84.9 Å². The van der Waals surface area contributed by atoms with Crippen LogP contribution in [0.25, 0.3) is 0 Å². The maximum atomic E-state index is 11.8. The third-order valence-electron chi connectivity index (χ3n) is 2.97. The Balaban J connectivity index is 2.93. The number of carbonyl (C=O) groups is 2. The van der Waals surface area contributed by atoms with Gasteiger partial charge in [-0.15, -0.1) is 0 Å². The summed E-state index contributed by atoms with van der Waals surface area (Å²) in [5, 5.41) is 0. The lowest BCUT2D eigenvalue weighted by atomic mass is 10.0. The molecule has 2 unspecified atom stereocenters. The summed E-state index contributed by atoms with van der Waals surface area (Å²) in [4.78, 5) is 26.8. The van der Waals surface area contributed by atoms with Crippen molar-refractivity contribution in [3.8, 4) is 0 Å². The van der Waals surface area contributed by atoms with Crippen LogP contribution in [-0.4, -0.2) is 47.8 Å². The number of hydrogen-bond acceptors (Lipinski definition) is 2. The summed E-state index contributed by atoms with van der Waals surface area (Å²) in [6.45, 7) is 3.85. The molecule has 0 aromatic carbocycles. The fraction of sp³-hybridized carbons (Fsp3) is 0.800. The monoisotopic (exact) mass is 198 g/mol. The van der Waals surface area contributed by atoms with Crippen molar-refractivity contribution in [2.45, 2.75) is 38.8 Å². The van der Waals surface area contributed by atoms with Gasteiger partial charge in [0, 0.05) is 14.1 Å². The summed E-state index contributed by atoms with van der Waals surface area (Å²) >= 11 is 0. The lowest BCUT2D eigenvalue weighted by molar-refractivity contribution is -0.158. The van der Waals surface area contributed by atoms with E-state index in [9.17, 15) is 9.59 Å². The van der Waals surface area contributed by atoms with Crippen molar-refractivity contribution in [2.75, 3.05) is 14.1 Å². The fourth-order valence-electron chi connectivity index (χ4n) is 2.01. The zero-order valence-electron chi connectivity index (χ0n) is 9.28. The molecule has 0 N–H and O–H groups in total. The first kappa shape index (κ1) is 11.0. The molecule has 0 aromatic heterocycles. The minimum atomic E-state index is -0.268. The number of carbonyl (C=O) groups excluding carboxylic acids is 2. The maximum absolute atomic E-state index is 11.8. The molecule has 4 nitrogen and oxygen atoms in total. The van der Waals surface area contributed by atoms with E-state index in [0.29, 0.717) is 12.8 Å². The van der Waals surface area contributed by atoms with E-state index in [1.807, 2.05) is 13.8 Å². The van der Waals surface area contributed by atoms with Gasteiger partial charge in [0.05, 0.1) is 0 Å². The Bertz CT molecular complexity index is 227. The molecule has 0 aromatic rings. The number of hydrogen-bond donors (Lipinski definition) is 0. The predicted octanol–water partition coefficient (Wildman–Crippen LogP) is 0.474. The van der Waals surface area contributed by atoms with Crippen molar-refractivity contribution in [3.63, 3.8) is 0 Å². The van der Waals surface area contributed by atoms with Crippen LogP contribution in [0, 0.1) is 0 Å². The highest BCUT2D eigenvalue weighted by atomic mass is 16.2. The minimum absolute atomic E-state index is 0.0569. The highest BCUT2D eigenvalue weighted by Gasteiger charge is 2.40. The summed E-state index contributed by atoms with van der Waals surface area (Å²) in [5.41, 5.74) is 0. The highest BCUT2D eigenvalue weighted by molar-refractivity contribution is 5.96. The molecule has 2 amide bonds.